The summed E-state index contributed by atoms with van der Waals surface area (Å²) in [7, 11) is 0. The number of carbonyl (C=O) groups is 1. The predicted octanol–water partition coefficient (Wildman–Crippen LogP) is -0.116. The van der Waals surface area contributed by atoms with Gasteiger partial charge in [0.15, 0.2) is 6.29 Å². The normalized spacial score (nSPS) is 34.5. The fraction of sp³-hybridized carbons (Fsp3) is 0.875. The van der Waals surface area contributed by atoms with Crippen LogP contribution < -0.4 is 5.32 Å². The van der Waals surface area contributed by atoms with Gasteiger partial charge in [0.25, 0.3) is 0 Å². The van der Waals surface area contributed by atoms with E-state index in [9.17, 15) is 4.79 Å². The predicted molar refractivity (Wildman–Crippen MR) is 41.4 cm³/mol. The molecule has 0 saturated carbocycles. The molecule has 12 heavy (non-hydrogen) atoms. The van der Waals surface area contributed by atoms with Crippen LogP contribution in [0.1, 0.15) is 13.8 Å². The summed E-state index contributed by atoms with van der Waals surface area (Å²) in [6.45, 7) is 5.07. The van der Waals surface area contributed by atoms with Crippen molar-refractivity contribution in [2.24, 2.45) is 5.41 Å². The molecular formula is C8H13NO3. The second-order valence-electron chi connectivity index (χ2n) is 3.78. The molecule has 0 aromatic heterocycles. The third kappa shape index (κ3) is 0.949. The highest BCUT2D eigenvalue weighted by Gasteiger charge is 2.52. The molecule has 68 valence electrons. The van der Waals surface area contributed by atoms with Crippen molar-refractivity contribution < 1.29 is 14.3 Å². The Kier molecular flexibility index (Phi) is 1.63. The second kappa shape index (κ2) is 2.44. The van der Waals surface area contributed by atoms with Crippen LogP contribution in [0.15, 0.2) is 0 Å². The van der Waals surface area contributed by atoms with E-state index in [0.717, 1.165) is 0 Å². The molecule has 2 heterocycles. The summed E-state index contributed by atoms with van der Waals surface area (Å²) in [5.41, 5.74) is -0.338. The van der Waals surface area contributed by atoms with Crippen LogP contribution >= 0.6 is 0 Å². The number of β-lactam (4-membered cyclic amide) rings is 1. The Labute approximate surface area is 71.2 Å². The van der Waals surface area contributed by atoms with Crippen molar-refractivity contribution in [3.8, 4) is 0 Å². The topological polar surface area (TPSA) is 47.6 Å². The largest absolute Gasteiger partial charge is 0.348 e. The molecule has 0 aliphatic carbocycles. The summed E-state index contributed by atoms with van der Waals surface area (Å²) < 4.78 is 10.6. The van der Waals surface area contributed by atoms with Crippen LogP contribution in [0, 0.1) is 5.41 Å². The van der Waals surface area contributed by atoms with Crippen molar-refractivity contribution in [2.75, 3.05) is 13.2 Å². The van der Waals surface area contributed by atoms with E-state index in [4.69, 9.17) is 9.47 Å². The molecule has 4 nitrogen and oxygen atoms in total. The molecular weight excluding hydrogens is 158 g/mol. The average Bonchev–Trinajstić information content (AvgIpc) is 2.51. The van der Waals surface area contributed by atoms with E-state index in [1.807, 2.05) is 13.8 Å². The zero-order valence-corrected chi connectivity index (χ0v) is 7.29. The fourth-order valence-corrected chi connectivity index (χ4v) is 1.55. The van der Waals surface area contributed by atoms with E-state index < -0.39 is 0 Å². The van der Waals surface area contributed by atoms with Crippen LogP contribution in [0.2, 0.25) is 0 Å². The van der Waals surface area contributed by atoms with Crippen molar-refractivity contribution >= 4 is 5.91 Å². The van der Waals surface area contributed by atoms with Gasteiger partial charge in [-0.15, -0.1) is 0 Å². The maximum atomic E-state index is 11.1. The Hall–Kier alpha value is -0.610. The molecule has 2 aliphatic heterocycles. The van der Waals surface area contributed by atoms with Gasteiger partial charge in [-0.2, -0.15) is 0 Å². The molecule has 2 fully saturated rings. The maximum Gasteiger partial charge on any atom is 0.228 e. The summed E-state index contributed by atoms with van der Waals surface area (Å²) in [6, 6.07) is 0.0208. The lowest BCUT2D eigenvalue weighted by atomic mass is 9.76. The Balaban J connectivity index is 2.02. The van der Waals surface area contributed by atoms with E-state index in [2.05, 4.69) is 5.32 Å². The van der Waals surface area contributed by atoms with Gasteiger partial charge in [-0.05, 0) is 13.8 Å². The Morgan fingerprint density at radius 1 is 1.42 bits per heavy atom. The molecule has 2 saturated heterocycles. The van der Waals surface area contributed by atoms with Gasteiger partial charge in [-0.25, -0.2) is 0 Å². The van der Waals surface area contributed by atoms with Crippen LogP contribution in [0.25, 0.3) is 0 Å². The standard InChI is InChI=1S/C8H13NO3/c1-8(2)5(9-7(8)10)6-11-3-4-12-6/h5-6H,3-4H2,1-2H3,(H,9,10). The number of hydrogen-bond donors (Lipinski definition) is 1. The van der Waals surface area contributed by atoms with Crippen molar-refractivity contribution in [1.82, 2.24) is 5.32 Å². The fourth-order valence-electron chi connectivity index (χ4n) is 1.55. The number of nitrogens with one attached hydrogen (secondary N) is 1. The van der Waals surface area contributed by atoms with Gasteiger partial charge in [-0.1, -0.05) is 0 Å². The van der Waals surface area contributed by atoms with Crippen molar-refractivity contribution in [3.05, 3.63) is 0 Å². The summed E-state index contributed by atoms with van der Waals surface area (Å²) in [5, 5.41) is 2.79. The highest BCUT2D eigenvalue weighted by atomic mass is 16.7. The quantitative estimate of drug-likeness (QED) is 0.560. The van der Waals surface area contributed by atoms with Gasteiger partial charge >= 0.3 is 0 Å². The minimum Gasteiger partial charge on any atom is -0.348 e. The molecule has 0 spiro atoms. The van der Waals surface area contributed by atoms with Crippen molar-refractivity contribution in [1.29, 1.82) is 0 Å². The molecule has 0 bridgehead atoms. The molecule has 4 heteroatoms. The Bertz CT molecular complexity index is 208. The van der Waals surface area contributed by atoms with Gasteiger partial charge in [-0.3, -0.25) is 4.79 Å². The van der Waals surface area contributed by atoms with Crippen LogP contribution in [0.3, 0.4) is 0 Å². The Morgan fingerprint density at radius 2 is 2.00 bits per heavy atom. The van der Waals surface area contributed by atoms with Crippen LogP contribution in [0.5, 0.6) is 0 Å². The van der Waals surface area contributed by atoms with E-state index in [1.54, 1.807) is 0 Å². The molecule has 1 amide bonds. The lowest BCUT2D eigenvalue weighted by Gasteiger charge is -2.45. The highest BCUT2D eigenvalue weighted by molar-refractivity contribution is 5.89. The first-order chi connectivity index (χ1) is 5.62. The number of rotatable bonds is 1. The first-order valence-corrected chi connectivity index (χ1v) is 4.16. The molecule has 0 radical (unpaired) electrons. The van der Waals surface area contributed by atoms with Gasteiger partial charge in [0.1, 0.15) is 0 Å². The van der Waals surface area contributed by atoms with Gasteiger partial charge in [0, 0.05) is 0 Å². The van der Waals surface area contributed by atoms with Crippen LogP contribution in [-0.4, -0.2) is 31.5 Å². The Morgan fingerprint density at radius 3 is 2.42 bits per heavy atom. The molecule has 0 aromatic carbocycles. The number of amides is 1. The number of ether oxygens (including phenoxy) is 2. The lowest BCUT2D eigenvalue weighted by Crippen LogP contribution is -2.68. The zero-order chi connectivity index (χ0) is 8.77. The van der Waals surface area contributed by atoms with Crippen LogP contribution in [0.4, 0.5) is 0 Å². The molecule has 0 aromatic rings. The van der Waals surface area contributed by atoms with E-state index >= 15 is 0 Å². The first kappa shape index (κ1) is 8.01. The minimum atomic E-state index is -0.338. The third-order valence-electron chi connectivity index (χ3n) is 2.57. The van der Waals surface area contributed by atoms with E-state index in [-0.39, 0.29) is 23.7 Å². The van der Waals surface area contributed by atoms with Gasteiger partial charge in [0.05, 0.1) is 24.7 Å². The molecule has 1 atom stereocenters. The molecule has 2 aliphatic rings. The zero-order valence-electron chi connectivity index (χ0n) is 7.29. The lowest BCUT2D eigenvalue weighted by molar-refractivity contribution is -0.165. The maximum absolute atomic E-state index is 11.1. The van der Waals surface area contributed by atoms with E-state index in [0.29, 0.717) is 13.2 Å². The minimum absolute atomic E-state index is 0.0208. The monoisotopic (exact) mass is 171 g/mol. The second-order valence-corrected chi connectivity index (χ2v) is 3.78. The summed E-state index contributed by atoms with van der Waals surface area (Å²) in [5.74, 6) is 0.0756. The first-order valence-electron chi connectivity index (χ1n) is 4.16. The van der Waals surface area contributed by atoms with Gasteiger partial charge < -0.3 is 14.8 Å². The summed E-state index contributed by atoms with van der Waals surface area (Å²) >= 11 is 0. The number of carbonyl (C=O) groups excluding carboxylic acids is 1. The SMILES string of the molecule is CC1(C)C(=O)NC1C1OCCO1. The highest BCUT2D eigenvalue weighted by Crippen LogP contribution is 2.34. The van der Waals surface area contributed by atoms with E-state index in [1.165, 1.54) is 0 Å². The average molecular weight is 171 g/mol. The van der Waals surface area contributed by atoms with Gasteiger partial charge in [0.2, 0.25) is 5.91 Å². The van der Waals surface area contributed by atoms with Crippen molar-refractivity contribution in [3.63, 3.8) is 0 Å². The smallest absolute Gasteiger partial charge is 0.228 e. The molecule has 1 N–H and O–H groups in total. The molecule has 1 unspecified atom stereocenters. The third-order valence-corrected chi connectivity index (χ3v) is 2.57. The number of hydrogen-bond acceptors (Lipinski definition) is 3. The summed E-state index contributed by atoms with van der Waals surface area (Å²) in [4.78, 5) is 11.1. The van der Waals surface area contributed by atoms with Crippen LogP contribution in [-0.2, 0) is 14.3 Å². The molecule has 2 rings (SSSR count). The van der Waals surface area contributed by atoms with Crippen molar-refractivity contribution in [2.45, 2.75) is 26.2 Å². The summed E-state index contributed by atoms with van der Waals surface area (Å²) in [6.07, 6.45) is -0.238.